The van der Waals surface area contributed by atoms with Gasteiger partial charge in [0.05, 0.1) is 28.1 Å². The summed E-state index contributed by atoms with van der Waals surface area (Å²) in [6, 6.07) is 14.2. The van der Waals surface area contributed by atoms with Gasteiger partial charge in [-0.05, 0) is 75.2 Å². The Labute approximate surface area is 223 Å². The van der Waals surface area contributed by atoms with E-state index in [2.05, 4.69) is 52.5 Å². The number of sulfonamides is 1. The normalized spacial score (nSPS) is 12.0. The van der Waals surface area contributed by atoms with E-state index < -0.39 is 38.6 Å². The largest absolute Gasteiger partial charge is 0.504 e. The van der Waals surface area contributed by atoms with Gasteiger partial charge in [0.1, 0.15) is 4.90 Å². The fourth-order valence-corrected chi connectivity index (χ4v) is 5.49. The molecule has 35 heavy (non-hydrogen) atoms. The molecular formula is C22H19Br2ClN4O5S. The van der Waals surface area contributed by atoms with Gasteiger partial charge in [-0.25, -0.2) is 13.2 Å². The van der Waals surface area contributed by atoms with E-state index in [0.717, 1.165) is 0 Å². The topological polar surface area (TPSA) is 137 Å². The lowest BCUT2D eigenvalue weighted by atomic mass is 10.3. The highest BCUT2D eigenvalue weighted by Crippen LogP contribution is 2.37. The minimum atomic E-state index is -4.48. The molecule has 0 saturated heterocycles. The molecule has 3 rings (SSSR count). The molecule has 0 aliphatic carbocycles. The minimum Gasteiger partial charge on any atom is -0.504 e. The van der Waals surface area contributed by atoms with Gasteiger partial charge in [0, 0.05) is 8.95 Å². The summed E-state index contributed by atoms with van der Waals surface area (Å²) in [6.07, 6.45) is 0. The molecule has 0 spiro atoms. The molecule has 0 saturated carbocycles. The summed E-state index contributed by atoms with van der Waals surface area (Å²) in [5.41, 5.74) is 0.703. The number of hydrogen-bond acceptors (Lipinski definition) is 5. The Bertz CT molecular complexity index is 1390. The number of anilines is 3. The van der Waals surface area contributed by atoms with E-state index in [1.165, 1.54) is 19.1 Å². The number of para-hydroxylation sites is 2. The van der Waals surface area contributed by atoms with Crippen molar-refractivity contribution in [3.63, 3.8) is 0 Å². The molecule has 0 aliphatic rings. The number of phenolic OH excluding ortho intramolecular Hbond substituents is 1. The Hall–Kier alpha value is -2.64. The van der Waals surface area contributed by atoms with E-state index in [-0.39, 0.29) is 10.7 Å². The van der Waals surface area contributed by atoms with Crippen molar-refractivity contribution in [1.82, 2.24) is 4.72 Å². The maximum atomic E-state index is 13.0. The van der Waals surface area contributed by atoms with Crippen molar-refractivity contribution < 1.29 is 23.1 Å². The number of aromatic hydroxyl groups is 1. The third kappa shape index (κ3) is 6.73. The number of rotatable bonds is 7. The molecule has 0 fully saturated rings. The van der Waals surface area contributed by atoms with Gasteiger partial charge in [-0.15, -0.1) is 0 Å². The molecule has 5 N–H and O–H groups in total. The van der Waals surface area contributed by atoms with Gasteiger partial charge in [0.2, 0.25) is 15.9 Å². The van der Waals surface area contributed by atoms with E-state index in [0.29, 0.717) is 20.3 Å². The highest BCUT2D eigenvalue weighted by Gasteiger charge is 2.29. The number of halogens is 3. The van der Waals surface area contributed by atoms with Gasteiger partial charge in [-0.1, -0.05) is 35.9 Å². The zero-order valence-electron chi connectivity index (χ0n) is 18.0. The first-order valence-electron chi connectivity index (χ1n) is 9.91. The molecule has 0 aliphatic heterocycles. The van der Waals surface area contributed by atoms with E-state index >= 15 is 0 Å². The highest BCUT2D eigenvalue weighted by atomic mass is 79.9. The SMILES string of the molecule is CC(NS(=O)(=O)c1c(Cl)ccc(NC(=O)Nc2ccccc2Br)c1O)C(=O)Nc1ccccc1Br. The number of benzene rings is 3. The molecule has 1 unspecified atom stereocenters. The van der Waals surface area contributed by atoms with Crippen LogP contribution in [0.2, 0.25) is 5.02 Å². The first-order chi connectivity index (χ1) is 16.5. The Morgan fingerprint density at radius 1 is 0.857 bits per heavy atom. The monoisotopic (exact) mass is 644 g/mol. The fourth-order valence-electron chi connectivity index (χ4n) is 2.89. The predicted octanol–water partition coefficient (Wildman–Crippen LogP) is 5.52. The van der Waals surface area contributed by atoms with Crippen LogP contribution in [-0.2, 0) is 14.8 Å². The van der Waals surface area contributed by atoms with E-state index in [1.54, 1.807) is 48.5 Å². The van der Waals surface area contributed by atoms with Crippen molar-refractivity contribution in [2.24, 2.45) is 0 Å². The van der Waals surface area contributed by atoms with Gasteiger partial charge < -0.3 is 21.1 Å². The van der Waals surface area contributed by atoms with Crippen molar-refractivity contribution in [1.29, 1.82) is 0 Å². The number of carbonyl (C=O) groups excluding carboxylic acids is 2. The van der Waals surface area contributed by atoms with Gasteiger partial charge >= 0.3 is 6.03 Å². The maximum Gasteiger partial charge on any atom is 0.323 e. The van der Waals surface area contributed by atoms with Crippen LogP contribution in [0.3, 0.4) is 0 Å². The van der Waals surface area contributed by atoms with Gasteiger partial charge in [-0.2, -0.15) is 4.72 Å². The van der Waals surface area contributed by atoms with Crippen molar-refractivity contribution in [2.75, 3.05) is 16.0 Å². The third-order valence-corrected chi connectivity index (χ3v) is 8.00. The van der Waals surface area contributed by atoms with Gasteiger partial charge in [-0.3, -0.25) is 4.79 Å². The lowest BCUT2D eigenvalue weighted by Gasteiger charge is -2.18. The molecule has 13 heteroatoms. The number of nitrogens with one attached hydrogen (secondary N) is 4. The standard InChI is InChI=1S/C22H19Br2ClN4O5S/c1-12(21(31)26-16-8-4-2-6-13(16)23)29-35(33,34)20-15(25)10-11-18(19(20)30)28-22(32)27-17-9-5-3-7-14(17)24/h2-12,29-30H,1H3,(H,26,31)(H2,27,28,32). The van der Waals surface area contributed by atoms with Crippen LogP contribution in [0, 0.1) is 0 Å². The van der Waals surface area contributed by atoms with Crippen LogP contribution in [0.1, 0.15) is 6.92 Å². The molecule has 184 valence electrons. The molecule has 9 nitrogen and oxygen atoms in total. The second-order valence-corrected chi connectivity index (χ2v) is 10.9. The summed E-state index contributed by atoms with van der Waals surface area (Å²) < 4.78 is 29.4. The zero-order valence-corrected chi connectivity index (χ0v) is 22.7. The first kappa shape index (κ1) is 27.0. The van der Waals surface area contributed by atoms with Crippen molar-refractivity contribution >= 4 is 82.5 Å². The summed E-state index contributed by atoms with van der Waals surface area (Å²) in [5, 5.41) is 17.9. The lowest BCUT2D eigenvalue weighted by Crippen LogP contribution is -2.41. The summed E-state index contributed by atoms with van der Waals surface area (Å²) in [5.74, 6) is -1.43. The minimum absolute atomic E-state index is 0.204. The predicted molar refractivity (Wildman–Crippen MR) is 142 cm³/mol. The highest BCUT2D eigenvalue weighted by molar-refractivity contribution is 9.11. The smallest absolute Gasteiger partial charge is 0.323 e. The van der Waals surface area contributed by atoms with Crippen LogP contribution in [0.25, 0.3) is 0 Å². The second kappa shape index (κ2) is 11.4. The first-order valence-corrected chi connectivity index (χ1v) is 13.4. The Kier molecular flexibility index (Phi) is 8.78. The lowest BCUT2D eigenvalue weighted by molar-refractivity contribution is -0.117. The summed E-state index contributed by atoms with van der Waals surface area (Å²) in [6.45, 7) is 1.34. The van der Waals surface area contributed by atoms with Gasteiger partial charge in [0.25, 0.3) is 0 Å². The van der Waals surface area contributed by atoms with Gasteiger partial charge in [0.15, 0.2) is 5.75 Å². The van der Waals surface area contributed by atoms with Crippen molar-refractivity contribution in [3.05, 3.63) is 74.6 Å². The molecule has 0 heterocycles. The molecule has 3 aromatic carbocycles. The summed E-state index contributed by atoms with van der Waals surface area (Å²) in [4.78, 5) is 24.2. The number of hydrogen-bond donors (Lipinski definition) is 5. The molecule has 0 radical (unpaired) electrons. The fraction of sp³-hybridized carbons (Fsp3) is 0.0909. The van der Waals surface area contributed by atoms with E-state index in [4.69, 9.17) is 11.6 Å². The number of amides is 3. The van der Waals surface area contributed by atoms with Crippen LogP contribution in [0.4, 0.5) is 21.9 Å². The molecule has 3 aromatic rings. The molecule has 0 bridgehead atoms. The zero-order chi connectivity index (χ0) is 25.8. The molecule has 3 amide bonds. The maximum absolute atomic E-state index is 13.0. The average Bonchev–Trinajstić information content (AvgIpc) is 2.78. The second-order valence-electron chi connectivity index (χ2n) is 7.14. The number of phenols is 1. The van der Waals surface area contributed by atoms with Crippen LogP contribution >= 0.6 is 43.5 Å². The van der Waals surface area contributed by atoms with Crippen LogP contribution < -0.4 is 20.7 Å². The molecule has 1 atom stereocenters. The third-order valence-electron chi connectivity index (χ3n) is 4.58. The van der Waals surface area contributed by atoms with Crippen LogP contribution in [0.5, 0.6) is 5.75 Å². The van der Waals surface area contributed by atoms with Crippen LogP contribution in [-0.4, -0.2) is 31.5 Å². The Morgan fingerprint density at radius 2 is 1.37 bits per heavy atom. The Morgan fingerprint density at radius 3 is 1.94 bits per heavy atom. The molecule has 0 aromatic heterocycles. The summed E-state index contributed by atoms with van der Waals surface area (Å²) in [7, 11) is -4.48. The van der Waals surface area contributed by atoms with E-state index in [9.17, 15) is 23.1 Å². The summed E-state index contributed by atoms with van der Waals surface area (Å²) >= 11 is 12.7. The van der Waals surface area contributed by atoms with Crippen molar-refractivity contribution in [3.8, 4) is 5.75 Å². The average molecular weight is 647 g/mol. The van der Waals surface area contributed by atoms with E-state index in [1.807, 2.05) is 0 Å². The quantitative estimate of drug-likeness (QED) is 0.216. The molecular weight excluding hydrogens is 628 g/mol. The number of urea groups is 1. The Balaban J connectivity index is 1.78. The number of carbonyl (C=O) groups is 2. The van der Waals surface area contributed by atoms with Crippen molar-refractivity contribution in [2.45, 2.75) is 17.9 Å². The van der Waals surface area contributed by atoms with Crippen LogP contribution in [0.15, 0.2) is 74.5 Å².